The van der Waals surface area contributed by atoms with Gasteiger partial charge >= 0.3 is 0 Å². The lowest BCUT2D eigenvalue weighted by Crippen LogP contribution is -2.19. The largest absolute Gasteiger partial charge is 0.487 e. The van der Waals surface area contributed by atoms with E-state index in [2.05, 4.69) is 56.7 Å². The van der Waals surface area contributed by atoms with Crippen LogP contribution >= 0.6 is 15.9 Å². The lowest BCUT2D eigenvalue weighted by molar-refractivity contribution is 0.0582. The lowest BCUT2D eigenvalue weighted by Gasteiger charge is -2.26. The summed E-state index contributed by atoms with van der Waals surface area (Å²) in [6.07, 6.45) is 5.44. The Morgan fingerprint density at radius 3 is 2.69 bits per heavy atom. The Balaban J connectivity index is 2.73. The van der Waals surface area contributed by atoms with E-state index in [4.69, 9.17) is 4.74 Å². The summed E-state index contributed by atoms with van der Waals surface area (Å²) in [6.45, 7) is 6.19. The molecule has 3 heteroatoms. The van der Waals surface area contributed by atoms with Crippen molar-refractivity contribution in [2.24, 2.45) is 0 Å². The second-order valence-electron chi connectivity index (χ2n) is 4.51. The average molecular weight is 243 g/mol. The van der Waals surface area contributed by atoms with E-state index in [1.54, 1.807) is 0 Å². The standard InChI is InChI=1S/C10H16BBrO/c1-10(2,3)13-9-6-7(11)4-5-8(9)12/h5-7H,4,11H2,1-3H3. The van der Waals surface area contributed by atoms with E-state index in [1.807, 2.05) is 0 Å². The van der Waals surface area contributed by atoms with Gasteiger partial charge in [-0.05, 0) is 55.0 Å². The zero-order valence-corrected chi connectivity index (χ0v) is 10.3. The van der Waals surface area contributed by atoms with Crippen LogP contribution in [0.15, 0.2) is 22.4 Å². The predicted molar refractivity (Wildman–Crippen MR) is 62.8 cm³/mol. The van der Waals surface area contributed by atoms with Crippen LogP contribution in [0.2, 0.25) is 5.82 Å². The molecule has 0 saturated carbocycles. The van der Waals surface area contributed by atoms with Gasteiger partial charge < -0.3 is 4.74 Å². The van der Waals surface area contributed by atoms with Crippen molar-refractivity contribution in [3.8, 4) is 0 Å². The number of ether oxygens (including phenoxy) is 1. The molecule has 0 amide bonds. The Morgan fingerprint density at radius 2 is 2.15 bits per heavy atom. The predicted octanol–water partition coefficient (Wildman–Crippen LogP) is 2.79. The van der Waals surface area contributed by atoms with Crippen molar-refractivity contribution in [1.82, 2.24) is 0 Å². The molecule has 1 atom stereocenters. The minimum absolute atomic E-state index is 0.115. The summed E-state index contributed by atoms with van der Waals surface area (Å²) in [7, 11) is 2.20. The first-order chi connectivity index (χ1) is 5.88. The molecule has 0 radical (unpaired) electrons. The van der Waals surface area contributed by atoms with Crippen molar-refractivity contribution in [2.45, 2.75) is 38.6 Å². The Morgan fingerprint density at radius 1 is 1.54 bits per heavy atom. The molecule has 0 heterocycles. The van der Waals surface area contributed by atoms with E-state index in [0.29, 0.717) is 5.82 Å². The lowest BCUT2D eigenvalue weighted by atomic mass is 9.82. The number of hydrogen-bond donors (Lipinski definition) is 0. The molecule has 1 unspecified atom stereocenters. The normalized spacial score (nSPS) is 23.5. The molecule has 13 heavy (non-hydrogen) atoms. The summed E-state index contributed by atoms with van der Waals surface area (Å²) in [6, 6.07) is 0. The van der Waals surface area contributed by atoms with Crippen LogP contribution in [0.3, 0.4) is 0 Å². The van der Waals surface area contributed by atoms with Gasteiger partial charge in [-0.2, -0.15) is 0 Å². The molecule has 0 aromatic carbocycles. The summed E-state index contributed by atoms with van der Waals surface area (Å²) in [4.78, 5) is 0. The third-order valence-corrected chi connectivity index (χ3v) is 2.47. The van der Waals surface area contributed by atoms with Gasteiger partial charge in [0.25, 0.3) is 0 Å². The van der Waals surface area contributed by atoms with Crippen LogP contribution in [0.5, 0.6) is 0 Å². The molecular weight excluding hydrogens is 227 g/mol. The van der Waals surface area contributed by atoms with Gasteiger partial charge in [-0.3, -0.25) is 0 Å². The van der Waals surface area contributed by atoms with E-state index in [0.717, 1.165) is 16.7 Å². The van der Waals surface area contributed by atoms with Crippen LogP contribution in [0.1, 0.15) is 27.2 Å². The van der Waals surface area contributed by atoms with Crippen molar-refractivity contribution in [1.29, 1.82) is 0 Å². The van der Waals surface area contributed by atoms with Gasteiger partial charge in [0.05, 0.1) is 4.48 Å². The molecule has 0 aliphatic heterocycles. The second kappa shape index (κ2) is 3.91. The average Bonchev–Trinajstić information content (AvgIpc) is 1.94. The monoisotopic (exact) mass is 242 g/mol. The molecule has 0 fully saturated rings. The quantitative estimate of drug-likeness (QED) is 0.643. The molecule has 0 bridgehead atoms. The number of hydrogen-bond acceptors (Lipinski definition) is 1. The highest BCUT2D eigenvalue weighted by atomic mass is 79.9. The maximum atomic E-state index is 5.81. The molecule has 1 aliphatic rings. The van der Waals surface area contributed by atoms with E-state index in [-0.39, 0.29) is 5.60 Å². The number of halogens is 1. The first-order valence-electron chi connectivity index (χ1n) is 4.65. The zero-order valence-electron chi connectivity index (χ0n) is 8.73. The third-order valence-electron chi connectivity index (χ3n) is 1.76. The highest BCUT2D eigenvalue weighted by molar-refractivity contribution is 9.11. The van der Waals surface area contributed by atoms with Crippen molar-refractivity contribution in [2.75, 3.05) is 0 Å². The summed E-state index contributed by atoms with van der Waals surface area (Å²) in [5, 5.41) is 0. The van der Waals surface area contributed by atoms with Gasteiger partial charge in [-0.15, -0.1) is 0 Å². The SMILES string of the molecule is BC1C=C(OC(C)(C)C)C(Br)=CC1. The molecule has 72 valence electrons. The van der Waals surface area contributed by atoms with Crippen LogP contribution in [-0.2, 0) is 4.74 Å². The van der Waals surface area contributed by atoms with Gasteiger partial charge in [0.1, 0.15) is 19.2 Å². The number of rotatable bonds is 1. The summed E-state index contributed by atoms with van der Waals surface area (Å²) in [5.74, 6) is 1.56. The van der Waals surface area contributed by atoms with Gasteiger partial charge in [0.2, 0.25) is 0 Å². The molecule has 0 saturated heterocycles. The van der Waals surface area contributed by atoms with E-state index < -0.39 is 0 Å². The van der Waals surface area contributed by atoms with Gasteiger partial charge in [-0.25, -0.2) is 0 Å². The molecule has 1 aliphatic carbocycles. The highest BCUT2D eigenvalue weighted by Crippen LogP contribution is 2.31. The fourth-order valence-corrected chi connectivity index (χ4v) is 1.61. The Kier molecular flexibility index (Phi) is 3.28. The molecule has 0 aromatic rings. The summed E-state index contributed by atoms with van der Waals surface area (Å²) < 4.78 is 6.89. The van der Waals surface area contributed by atoms with Crippen molar-refractivity contribution < 1.29 is 4.74 Å². The maximum absolute atomic E-state index is 5.81. The smallest absolute Gasteiger partial charge is 0.129 e. The first kappa shape index (κ1) is 10.9. The summed E-state index contributed by atoms with van der Waals surface area (Å²) in [5.41, 5.74) is -0.115. The number of allylic oxidation sites excluding steroid dienone is 3. The van der Waals surface area contributed by atoms with Gasteiger partial charge in [0, 0.05) is 0 Å². The first-order valence-corrected chi connectivity index (χ1v) is 5.44. The molecule has 0 aromatic heterocycles. The fraction of sp³-hybridized carbons (Fsp3) is 0.600. The summed E-state index contributed by atoms with van der Waals surface area (Å²) >= 11 is 3.50. The third kappa shape index (κ3) is 3.59. The van der Waals surface area contributed by atoms with Crippen LogP contribution < -0.4 is 0 Å². The fourth-order valence-electron chi connectivity index (χ4n) is 1.21. The van der Waals surface area contributed by atoms with Crippen molar-refractivity contribution in [3.05, 3.63) is 22.4 Å². The van der Waals surface area contributed by atoms with E-state index in [1.165, 1.54) is 0 Å². The van der Waals surface area contributed by atoms with Crippen LogP contribution in [-0.4, -0.2) is 13.4 Å². The Bertz CT molecular complexity index is 250. The van der Waals surface area contributed by atoms with Crippen molar-refractivity contribution >= 4 is 23.8 Å². The van der Waals surface area contributed by atoms with E-state index >= 15 is 0 Å². The zero-order chi connectivity index (χ0) is 10.1. The molecule has 0 spiro atoms. The maximum Gasteiger partial charge on any atom is 0.129 e. The van der Waals surface area contributed by atoms with Crippen LogP contribution in [0, 0.1) is 0 Å². The molecule has 1 nitrogen and oxygen atoms in total. The van der Waals surface area contributed by atoms with Gasteiger partial charge in [0.15, 0.2) is 0 Å². The van der Waals surface area contributed by atoms with Gasteiger partial charge in [-0.1, -0.05) is 6.08 Å². The van der Waals surface area contributed by atoms with Crippen LogP contribution in [0.25, 0.3) is 0 Å². The Hall–Kier alpha value is -0.175. The minimum atomic E-state index is -0.115. The molecular formula is C10H16BBrO. The van der Waals surface area contributed by atoms with Crippen LogP contribution in [0.4, 0.5) is 0 Å². The van der Waals surface area contributed by atoms with E-state index in [9.17, 15) is 0 Å². The highest BCUT2D eigenvalue weighted by Gasteiger charge is 2.18. The second-order valence-corrected chi connectivity index (χ2v) is 5.36. The van der Waals surface area contributed by atoms with Crippen molar-refractivity contribution in [3.63, 3.8) is 0 Å². The molecule has 1 rings (SSSR count). The minimum Gasteiger partial charge on any atom is -0.487 e. The molecule has 0 N–H and O–H groups in total. The Labute approximate surface area is 89.8 Å². The topological polar surface area (TPSA) is 9.23 Å².